The van der Waals surface area contributed by atoms with Crippen LogP contribution in [0.2, 0.25) is 0 Å². The van der Waals surface area contributed by atoms with Crippen molar-refractivity contribution in [3.8, 4) is 17.0 Å². The highest BCUT2D eigenvalue weighted by Crippen LogP contribution is 2.25. The molecule has 0 unspecified atom stereocenters. The number of benzene rings is 1. The molecule has 0 saturated carbocycles. The van der Waals surface area contributed by atoms with Crippen molar-refractivity contribution in [1.29, 1.82) is 0 Å². The number of aromatic nitrogens is 2. The van der Waals surface area contributed by atoms with Crippen LogP contribution in [-0.2, 0) is 0 Å². The number of hydrogen-bond acceptors (Lipinski definition) is 5. The number of pyridine rings is 1. The summed E-state index contributed by atoms with van der Waals surface area (Å²) in [5, 5.41) is 4.11. The maximum Gasteiger partial charge on any atom is 0.345 e. The summed E-state index contributed by atoms with van der Waals surface area (Å²) in [6.45, 7) is 3.83. The molecule has 6 nitrogen and oxygen atoms in total. The smallest absolute Gasteiger partial charge is 0.345 e. The van der Waals surface area contributed by atoms with Crippen LogP contribution in [0.1, 0.15) is 12.0 Å². The molecule has 0 radical (unpaired) electrons. The number of rotatable bonds is 3. The van der Waals surface area contributed by atoms with Gasteiger partial charge in [0.05, 0.1) is 11.3 Å². The van der Waals surface area contributed by atoms with Crippen molar-refractivity contribution in [3.05, 3.63) is 64.8 Å². The van der Waals surface area contributed by atoms with Gasteiger partial charge >= 0.3 is 5.63 Å². The molecule has 1 saturated heterocycles. The molecule has 1 N–H and O–H groups in total. The van der Waals surface area contributed by atoms with E-state index in [4.69, 9.17) is 9.15 Å². The molecular weight excluding hydrogens is 413 g/mol. The molecule has 152 valence electrons. The summed E-state index contributed by atoms with van der Waals surface area (Å²) in [5.41, 5.74) is 3.10. The van der Waals surface area contributed by atoms with Crippen molar-refractivity contribution in [2.45, 2.75) is 19.4 Å². The second kappa shape index (κ2) is 8.45. The molecule has 3 aromatic heterocycles. The van der Waals surface area contributed by atoms with Gasteiger partial charge in [0.15, 0.2) is 0 Å². The number of nitrogens with one attached hydrogen (secondary N) is 1. The van der Waals surface area contributed by atoms with Gasteiger partial charge in [0.25, 0.3) is 0 Å². The van der Waals surface area contributed by atoms with Crippen LogP contribution in [0.3, 0.4) is 0 Å². The first-order valence-electron chi connectivity index (χ1n) is 9.07. The summed E-state index contributed by atoms with van der Waals surface area (Å²) >= 11 is 0. The van der Waals surface area contributed by atoms with E-state index in [1.54, 1.807) is 6.07 Å². The molecule has 1 fully saturated rings. The van der Waals surface area contributed by atoms with Crippen LogP contribution >= 0.6 is 24.8 Å². The second-order valence-corrected chi connectivity index (χ2v) is 6.98. The average molecular weight is 434 g/mol. The van der Waals surface area contributed by atoms with Gasteiger partial charge < -0.3 is 18.9 Å². The fourth-order valence-corrected chi connectivity index (χ4v) is 3.50. The summed E-state index contributed by atoms with van der Waals surface area (Å²) in [6, 6.07) is 11.4. The lowest BCUT2D eigenvalue weighted by atomic mass is 10.1. The number of aryl methyl sites for hydroxylation is 1. The van der Waals surface area contributed by atoms with E-state index in [1.807, 2.05) is 54.0 Å². The van der Waals surface area contributed by atoms with E-state index in [2.05, 4.69) is 10.3 Å². The quantitative estimate of drug-likeness (QED) is 0.494. The Bertz CT molecular complexity index is 1210. The van der Waals surface area contributed by atoms with Crippen LogP contribution < -0.4 is 15.7 Å². The fourth-order valence-electron chi connectivity index (χ4n) is 3.50. The van der Waals surface area contributed by atoms with Crippen LogP contribution in [0.4, 0.5) is 0 Å². The van der Waals surface area contributed by atoms with Gasteiger partial charge in [0, 0.05) is 30.4 Å². The first kappa shape index (κ1) is 21.2. The SMILES string of the molecule is Cc1ccc2nc(-c3cc4ccc(O[C@@H]5CCNC5)cc4oc3=O)cn2c1.Cl.Cl. The molecule has 4 aromatic rings. The molecule has 0 spiro atoms. The first-order valence-corrected chi connectivity index (χ1v) is 9.07. The van der Waals surface area contributed by atoms with E-state index < -0.39 is 5.63 Å². The minimum absolute atomic E-state index is 0. The lowest BCUT2D eigenvalue weighted by molar-refractivity contribution is 0.223. The predicted octanol–water partition coefficient (Wildman–Crippen LogP) is 4.00. The van der Waals surface area contributed by atoms with E-state index >= 15 is 0 Å². The van der Waals surface area contributed by atoms with Gasteiger partial charge in [-0.2, -0.15) is 0 Å². The Morgan fingerprint density at radius 2 is 2.03 bits per heavy atom. The molecule has 0 amide bonds. The molecule has 0 bridgehead atoms. The molecule has 8 heteroatoms. The highest BCUT2D eigenvalue weighted by atomic mass is 35.5. The molecule has 5 rings (SSSR count). The van der Waals surface area contributed by atoms with Crippen LogP contribution in [0.15, 0.2) is 58.0 Å². The minimum atomic E-state index is -0.401. The van der Waals surface area contributed by atoms with Crippen LogP contribution in [0.5, 0.6) is 5.75 Å². The Morgan fingerprint density at radius 1 is 1.17 bits per heavy atom. The standard InChI is InChI=1S/C21H19N3O3.2ClH/c1-13-2-5-20-23-18(12-24(20)11-13)17-8-14-3-4-15(9-19(14)27-21(17)25)26-16-6-7-22-10-16;;/h2-5,8-9,11-12,16,22H,6-7,10H2,1H3;2*1H/t16-;;/m1../s1. The summed E-state index contributed by atoms with van der Waals surface area (Å²) in [7, 11) is 0. The molecule has 1 atom stereocenters. The van der Waals surface area contributed by atoms with Crippen molar-refractivity contribution >= 4 is 41.4 Å². The number of fused-ring (bicyclic) bond motifs is 2. The lowest BCUT2D eigenvalue weighted by Crippen LogP contribution is -2.19. The number of ether oxygens (including phenoxy) is 1. The van der Waals surface area contributed by atoms with Crippen molar-refractivity contribution in [2.24, 2.45) is 0 Å². The summed E-state index contributed by atoms with van der Waals surface area (Å²) < 4.78 is 13.4. The van der Waals surface area contributed by atoms with Crippen molar-refractivity contribution in [1.82, 2.24) is 14.7 Å². The number of imidazole rings is 1. The fraction of sp³-hybridized carbons (Fsp3) is 0.238. The lowest BCUT2D eigenvalue weighted by Gasteiger charge is -2.12. The molecule has 0 aliphatic carbocycles. The number of nitrogens with zero attached hydrogens (tertiary/aromatic N) is 2. The first-order chi connectivity index (χ1) is 13.2. The predicted molar refractivity (Wildman–Crippen MR) is 118 cm³/mol. The third-order valence-corrected chi connectivity index (χ3v) is 4.90. The van der Waals surface area contributed by atoms with Gasteiger partial charge in [-0.15, -0.1) is 24.8 Å². The zero-order chi connectivity index (χ0) is 18.4. The average Bonchev–Trinajstić information content (AvgIpc) is 3.30. The second-order valence-electron chi connectivity index (χ2n) is 6.98. The van der Waals surface area contributed by atoms with Gasteiger partial charge in [-0.25, -0.2) is 9.78 Å². The molecule has 29 heavy (non-hydrogen) atoms. The van der Waals surface area contributed by atoms with Gasteiger partial charge in [-0.3, -0.25) is 0 Å². The van der Waals surface area contributed by atoms with E-state index in [0.29, 0.717) is 16.8 Å². The van der Waals surface area contributed by atoms with Crippen molar-refractivity contribution < 1.29 is 9.15 Å². The van der Waals surface area contributed by atoms with Gasteiger partial charge in [-0.1, -0.05) is 6.07 Å². The van der Waals surface area contributed by atoms with Crippen molar-refractivity contribution in [2.75, 3.05) is 13.1 Å². The highest BCUT2D eigenvalue weighted by molar-refractivity contribution is 5.85. The van der Waals surface area contributed by atoms with E-state index in [0.717, 1.165) is 41.9 Å². The zero-order valence-electron chi connectivity index (χ0n) is 15.8. The third-order valence-electron chi connectivity index (χ3n) is 4.90. The van der Waals surface area contributed by atoms with E-state index in [1.165, 1.54) is 0 Å². The van der Waals surface area contributed by atoms with Gasteiger partial charge in [-0.05, 0) is 49.7 Å². The van der Waals surface area contributed by atoms with Crippen LogP contribution in [0.25, 0.3) is 27.9 Å². The summed E-state index contributed by atoms with van der Waals surface area (Å²) in [6.07, 6.45) is 4.98. The Kier molecular flexibility index (Phi) is 6.17. The Labute approximate surface area is 179 Å². The summed E-state index contributed by atoms with van der Waals surface area (Å²) in [4.78, 5) is 17.1. The molecule has 4 heterocycles. The minimum Gasteiger partial charge on any atom is -0.489 e. The molecule has 1 aliphatic heterocycles. The molecular formula is C21H21Cl2N3O3. The van der Waals surface area contributed by atoms with E-state index in [-0.39, 0.29) is 30.9 Å². The highest BCUT2D eigenvalue weighted by Gasteiger charge is 2.17. The van der Waals surface area contributed by atoms with Crippen LogP contribution in [-0.4, -0.2) is 28.6 Å². The number of halogens is 2. The zero-order valence-corrected chi connectivity index (χ0v) is 17.4. The third kappa shape index (κ3) is 4.10. The number of hydrogen-bond donors (Lipinski definition) is 1. The molecule has 1 aliphatic rings. The van der Waals surface area contributed by atoms with Crippen molar-refractivity contribution in [3.63, 3.8) is 0 Å². The normalized spacial score (nSPS) is 15.8. The maximum absolute atomic E-state index is 12.6. The Hall–Kier alpha value is -2.54. The maximum atomic E-state index is 12.6. The van der Waals surface area contributed by atoms with Gasteiger partial charge in [0.1, 0.15) is 23.1 Å². The van der Waals surface area contributed by atoms with Crippen LogP contribution in [0, 0.1) is 6.92 Å². The van der Waals surface area contributed by atoms with E-state index in [9.17, 15) is 4.79 Å². The monoisotopic (exact) mass is 433 g/mol. The molecule has 1 aromatic carbocycles. The Morgan fingerprint density at radius 3 is 2.83 bits per heavy atom. The Balaban J connectivity index is 0.00000120. The summed E-state index contributed by atoms with van der Waals surface area (Å²) in [5.74, 6) is 0.718. The topological polar surface area (TPSA) is 68.8 Å². The van der Waals surface area contributed by atoms with Gasteiger partial charge in [0.2, 0.25) is 0 Å². The largest absolute Gasteiger partial charge is 0.489 e.